The van der Waals surface area contributed by atoms with E-state index in [-0.39, 0.29) is 24.4 Å². The minimum Gasteiger partial charge on any atom is -0.481 e. The summed E-state index contributed by atoms with van der Waals surface area (Å²) in [7, 11) is 0. The van der Waals surface area contributed by atoms with Crippen LogP contribution in [0.25, 0.3) is 0 Å². The maximum atomic E-state index is 13.1. The number of hydrogen-bond donors (Lipinski definition) is 2. The molecular formula is C16H30N2O3. The van der Waals surface area contributed by atoms with Crippen LogP contribution in [0.1, 0.15) is 65.7 Å². The zero-order chi connectivity index (χ0) is 16.1. The van der Waals surface area contributed by atoms with Crippen molar-refractivity contribution in [1.29, 1.82) is 0 Å². The molecule has 0 heterocycles. The van der Waals surface area contributed by atoms with Crippen LogP contribution in [0.2, 0.25) is 0 Å². The van der Waals surface area contributed by atoms with E-state index in [4.69, 9.17) is 10.8 Å². The van der Waals surface area contributed by atoms with Crippen molar-refractivity contribution in [3.8, 4) is 0 Å². The molecule has 21 heavy (non-hydrogen) atoms. The average molecular weight is 298 g/mol. The van der Waals surface area contributed by atoms with Gasteiger partial charge in [-0.05, 0) is 33.6 Å². The lowest BCUT2D eigenvalue weighted by molar-refractivity contribution is -0.149. The van der Waals surface area contributed by atoms with Gasteiger partial charge in [-0.1, -0.05) is 25.7 Å². The van der Waals surface area contributed by atoms with Crippen molar-refractivity contribution in [3.05, 3.63) is 0 Å². The maximum Gasteiger partial charge on any atom is 0.305 e. The molecule has 5 nitrogen and oxygen atoms in total. The Morgan fingerprint density at radius 1 is 1.14 bits per heavy atom. The van der Waals surface area contributed by atoms with E-state index in [0.717, 1.165) is 38.5 Å². The summed E-state index contributed by atoms with van der Waals surface area (Å²) < 4.78 is 0. The Morgan fingerprint density at radius 2 is 1.67 bits per heavy atom. The number of hydrogen-bond acceptors (Lipinski definition) is 3. The number of carboxylic acids is 1. The number of carbonyl (C=O) groups is 2. The van der Waals surface area contributed by atoms with Gasteiger partial charge in [-0.15, -0.1) is 0 Å². The van der Waals surface area contributed by atoms with Crippen LogP contribution in [0.4, 0.5) is 0 Å². The largest absolute Gasteiger partial charge is 0.481 e. The van der Waals surface area contributed by atoms with Gasteiger partial charge in [0.05, 0.1) is 11.8 Å². The van der Waals surface area contributed by atoms with Gasteiger partial charge in [-0.25, -0.2) is 0 Å². The lowest BCUT2D eigenvalue weighted by atomic mass is 9.78. The third-order valence-corrected chi connectivity index (χ3v) is 4.51. The summed E-state index contributed by atoms with van der Waals surface area (Å²) in [6, 6.07) is 0. The lowest BCUT2D eigenvalue weighted by Gasteiger charge is -2.42. The van der Waals surface area contributed by atoms with Crippen molar-refractivity contribution in [2.45, 2.75) is 71.3 Å². The first-order valence-electron chi connectivity index (χ1n) is 7.97. The van der Waals surface area contributed by atoms with Gasteiger partial charge in [-0.2, -0.15) is 0 Å². The normalized spacial score (nSPS) is 18.9. The lowest BCUT2D eigenvalue weighted by Crippen LogP contribution is -2.55. The summed E-state index contributed by atoms with van der Waals surface area (Å²) >= 11 is 0. The highest BCUT2D eigenvalue weighted by atomic mass is 16.4. The summed E-state index contributed by atoms with van der Waals surface area (Å²) in [5, 5.41) is 8.92. The first-order valence-corrected chi connectivity index (χ1v) is 7.97. The Hall–Kier alpha value is -1.10. The molecule has 5 heteroatoms. The average Bonchev–Trinajstić information content (AvgIpc) is 2.63. The van der Waals surface area contributed by atoms with Crippen molar-refractivity contribution >= 4 is 11.9 Å². The molecule has 1 amide bonds. The zero-order valence-corrected chi connectivity index (χ0v) is 13.7. The zero-order valence-electron chi connectivity index (χ0n) is 13.7. The Labute approximate surface area is 127 Å². The van der Waals surface area contributed by atoms with E-state index in [9.17, 15) is 9.59 Å². The Bertz CT molecular complexity index is 366. The van der Waals surface area contributed by atoms with Crippen LogP contribution >= 0.6 is 0 Å². The molecule has 1 rings (SSSR count). The van der Waals surface area contributed by atoms with Gasteiger partial charge in [0.2, 0.25) is 5.91 Å². The van der Waals surface area contributed by atoms with E-state index in [1.165, 1.54) is 0 Å². The van der Waals surface area contributed by atoms with Gasteiger partial charge in [0, 0.05) is 18.6 Å². The van der Waals surface area contributed by atoms with Crippen molar-refractivity contribution in [3.63, 3.8) is 0 Å². The second-order valence-electron chi connectivity index (χ2n) is 7.17. The number of carbonyl (C=O) groups excluding carboxylic acids is 1. The first-order chi connectivity index (χ1) is 9.73. The van der Waals surface area contributed by atoms with Gasteiger partial charge in [0.25, 0.3) is 0 Å². The quantitative estimate of drug-likeness (QED) is 0.763. The molecule has 0 aromatic rings. The minimum absolute atomic E-state index is 0.0241. The number of rotatable bonds is 5. The molecular weight excluding hydrogens is 268 g/mol. The van der Waals surface area contributed by atoms with Gasteiger partial charge in [0.1, 0.15) is 0 Å². The summed E-state index contributed by atoms with van der Waals surface area (Å²) in [5.74, 6) is -0.833. The monoisotopic (exact) mass is 298 g/mol. The minimum atomic E-state index is -0.875. The van der Waals surface area contributed by atoms with Crippen LogP contribution < -0.4 is 5.73 Å². The Morgan fingerprint density at radius 3 is 2.05 bits per heavy atom. The number of carboxylic acid groups (broad SMARTS) is 1. The van der Waals surface area contributed by atoms with Crippen LogP contribution in [0, 0.1) is 5.41 Å². The molecule has 1 fully saturated rings. The molecule has 122 valence electrons. The molecule has 0 aromatic heterocycles. The topological polar surface area (TPSA) is 83.6 Å². The predicted octanol–water partition coefficient (Wildman–Crippen LogP) is 2.39. The molecule has 0 atom stereocenters. The second kappa shape index (κ2) is 7.25. The van der Waals surface area contributed by atoms with E-state index in [1.54, 1.807) is 4.90 Å². The highest BCUT2D eigenvalue weighted by Crippen LogP contribution is 2.37. The molecule has 3 N–H and O–H groups in total. The van der Waals surface area contributed by atoms with Crippen LogP contribution in [-0.2, 0) is 9.59 Å². The van der Waals surface area contributed by atoms with Gasteiger partial charge in [0.15, 0.2) is 0 Å². The third-order valence-electron chi connectivity index (χ3n) is 4.51. The molecule has 1 saturated carbocycles. The number of amides is 1. The highest BCUT2D eigenvalue weighted by Gasteiger charge is 2.42. The molecule has 0 bridgehead atoms. The van der Waals surface area contributed by atoms with Crippen LogP contribution in [0.3, 0.4) is 0 Å². The molecule has 1 aliphatic carbocycles. The molecule has 0 radical (unpaired) electrons. The summed E-state index contributed by atoms with van der Waals surface area (Å²) in [6.45, 7) is 6.46. The summed E-state index contributed by atoms with van der Waals surface area (Å²) in [5.41, 5.74) is 5.10. The maximum absolute atomic E-state index is 13.1. The number of nitrogens with two attached hydrogens (primary N) is 1. The van der Waals surface area contributed by atoms with Gasteiger partial charge < -0.3 is 15.7 Å². The van der Waals surface area contributed by atoms with Gasteiger partial charge >= 0.3 is 5.97 Å². The fourth-order valence-electron chi connectivity index (χ4n) is 3.15. The van der Waals surface area contributed by atoms with Crippen LogP contribution in [0.15, 0.2) is 0 Å². The SMILES string of the molecule is CC(C)(C)N(CCC(=O)O)C(=O)C1(CN)CCCCCC1. The molecule has 0 saturated heterocycles. The van der Waals surface area contributed by atoms with Crippen LogP contribution in [-0.4, -0.2) is 40.5 Å². The summed E-state index contributed by atoms with van der Waals surface area (Å²) in [4.78, 5) is 25.7. The van der Waals surface area contributed by atoms with E-state index in [1.807, 2.05) is 20.8 Å². The highest BCUT2D eigenvalue weighted by molar-refractivity contribution is 5.84. The van der Waals surface area contributed by atoms with E-state index >= 15 is 0 Å². The van der Waals surface area contributed by atoms with Crippen molar-refractivity contribution in [2.24, 2.45) is 11.1 Å². The van der Waals surface area contributed by atoms with Gasteiger partial charge in [-0.3, -0.25) is 9.59 Å². The first kappa shape index (κ1) is 18.0. The predicted molar refractivity (Wildman–Crippen MR) is 82.9 cm³/mol. The van der Waals surface area contributed by atoms with Crippen molar-refractivity contribution < 1.29 is 14.7 Å². The smallest absolute Gasteiger partial charge is 0.305 e. The summed E-state index contributed by atoms with van der Waals surface area (Å²) in [6.07, 6.45) is 5.98. The van der Waals surface area contributed by atoms with Crippen molar-refractivity contribution in [2.75, 3.05) is 13.1 Å². The van der Waals surface area contributed by atoms with E-state index in [0.29, 0.717) is 6.54 Å². The molecule has 1 aliphatic rings. The third kappa shape index (κ3) is 4.70. The molecule has 0 aromatic carbocycles. The van der Waals surface area contributed by atoms with Crippen molar-refractivity contribution in [1.82, 2.24) is 4.90 Å². The van der Waals surface area contributed by atoms with E-state index in [2.05, 4.69) is 0 Å². The Kier molecular flexibility index (Phi) is 6.20. The van der Waals surface area contributed by atoms with E-state index < -0.39 is 11.4 Å². The standard InChI is InChI=1S/C16H30N2O3/c1-15(2,3)18(11-8-13(19)20)14(21)16(12-17)9-6-4-5-7-10-16/h4-12,17H2,1-3H3,(H,19,20). The fourth-order valence-corrected chi connectivity index (χ4v) is 3.15. The molecule has 0 unspecified atom stereocenters. The second-order valence-corrected chi connectivity index (χ2v) is 7.17. The molecule has 0 spiro atoms. The number of aliphatic carboxylic acids is 1. The number of nitrogens with zero attached hydrogens (tertiary/aromatic N) is 1. The molecule has 0 aliphatic heterocycles. The Balaban J connectivity index is 2.97. The fraction of sp³-hybridized carbons (Fsp3) is 0.875. The van der Waals surface area contributed by atoms with Crippen LogP contribution in [0.5, 0.6) is 0 Å².